The fourth-order valence-corrected chi connectivity index (χ4v) is 2.44. The minimum Gasteiger partial charge on any atom is -0.458 e. The van der Waals surface area contributed by atoms with Gasteiger partial charge in [-0.05, 0) is 32.5 Å². The maximum atomic E-state index is 12.0. The number of nitrogens with zero attached hydrogens (tertiary/aromatic N) is 1. The van der Waals surface area contributed by atoms with Gasteiger partial charge in [0.25, 0.3) is 0 Å². The summed E-state index contributed by atoms with van der Waals surface area (Å²) < 4.78 is 5.64. The van der Waals surface area contributed by atoms with Crippen LogP contribution in [0.4, 0.5) is 0 Å². The molecule has 0 saturated carbocycles. The van der Waals surface area contributed by atoms with Crippen molar-refractivity contribution in [1.29, 1.82) is 0 Å². The molecule has 18 heavy (non-hydrogen) atoms. The number of piperidine rings is 1. The van der Waals surface area contributed by atoms with Crippen molar-refractivity contribution in [3.05, 3.63) is 35.9 Å². The molecule has 1 saturated heterocycles. The number of rotatable bonds is 2. The Bertz CT molecular complexity index is 404. The summed E-state index contributed by atoms with van der Waals surface area (Å²) in [7, 11) is 2.12. The number of benzene rings is 1. The second-order valence-corrected chi connectivity index (χ2v) is 5.31. The zero-order valence-corrected chi connectivity index (χ0v) is 11.3. The molecule has 1 fully saturated rings. The van der Waals surface area contributed by atoms with Gasteiger partial charge in [0.15, 0.2) is 0 Å². The standard InChI is InChI=1S/C15H21NO2/c1-11-10-16(3)12(2)9-14(11)18-15(17)13-7-5-4-6-8-13/h4-8,11-12,14H,9-10H2,1-3H3/t11-,12-,14+/m1/s1. The number of likely N-dealkylation sites (tertiary alicyclic amines) is 1. The Morgan fingerprint density at radius 1 is 1.28 bits per heavy atom. The van der Waals surface area contributed by atoms with Crippen molar-refractivity contribution < 1.29 is 9.53 Å². The van der Waals surface area contributed by atoms with E-state index in [9.17, 15) is 4.79 Å². The number of esters is 1. The topological polar surface area (TPSA) is 29.5 Å². The molecule has 1 aliphatic rings. The van der Waals surface area contributed by atoms with E-state index < -0.39 is 0 Å². The van der Waals surface area contributed by atoms with Crippen LogP contribution in [0.25, 0.3) is 0 Å². The molecular formula is C15H21NO2. The molecule has 0 unspecified atom stereocenters. The van der Waals surface area contributed by atoms with Crippen molar-refractivity contribution in [2.24, 2.45) is 5.92 Å². The van der Waals surface area contributed by atoms with Crippen LogP contribution in [0.2, 0.25) is 0 Å². The Labute approximate surface area is 109 Å². The molecule has 0 N–H and O–H groups in total. The third-order valence-electron chi connectivity index (χ3n) is 3.80. The Morgan fingerprint density at radius 3 is 2.61 bits per heavy atom. The summed E-state index contributed by atoms with van der Waals surface area (Å²) in [5, 5.41) is 0. The second kappa shape index (κ2) is 5.53. The fourth-order valence-electron chi connectivity index (χ4n) is 2.44. The van der Waals surface area contributed by atoms with Crippen LogP contribution in [0.15, 0.2) is 30.3 Å². The first-order chi connectivity index (χ1) is 8.58. The summed E-state index contributed by atoms with van der Waals surface area (Å²) in [5.41, 5.74) is 0.635. The summed E-state index contributed by atoms with van der Waals surface area (Å²) in [4.78, 5) is 14.3. The number of carbonyl (C=O) groups is 1. The number of carbonyl (C=O) groups excluding carboxylic acids is 1. The first-order valence-corrected chi connectivity index (χ1v) is 6.54. The minimum absolute atomic E-state index is 0.0314. The minimum atomic E-state index is -0.204. The molecule has 3 nitrogen and oxygen atoms in total. The highest BCUT2D eigenvalue weighted by Crippen LogP contribution is 2.24. The van der Waals surface area contributed by atoms with Crippen LogP contribution in [-0.2, 0) is 4.74 Å². The molecule has 3 heteroatoms. The maximum Gasteiger partial charge on any atom is 0.338 e. The summed E-state index contributed by atoms with van der Waals surface area (Å²) in [5.74, 6) is 0.183. The van der Waals surface area contributed by atoms with Crippen molar-refractivity contribution in [2.45, 2.75) is 32.4 Å². The van der Waals surface area contributed by atoms with Crippen molar-refractivity contribution in [2.75, 3.05) is 13.6 Å². The van der Waals surface area contributed by atoms with Crippen molar-refractivity contribution in [3.63, 3.8) is 0 Å². The highest BCUT2D eigenvalue weighted by molar-refractivity contribution is 5.89. The van der Waals surface area contributed by atoms with Gasteiger partial charge in [0, 0.05) is 18.5 Å². The molecular weight excluding hydrogens is 226 g/mol. The first-order valence-electron chi connectivity index (χ1n) is 6.54. The van der Waals surface area contributed by atoms with Crippen LogP contribution in [-0.4, -0.2) is 36.6 Å². The zero-order valence-electron chi connectivity index (χ0n) is 11.3. The molecule has 0 amide bonds. The van der Waals surface area contributed by atoms with E-state index in [1.807, 2.05) is 18.2 Å². The van der Waals surface area contributed by atoms with Crippen molar-refractivity contribution >= 4 is 5.97 Å². The third kappa shape index (κ3) is 2.91. The molecule has 0 aliphatic carbocycles. The maximum absolute atomic E-state index is 12.0. The lowest BCUT2D eigenvalue weighted by Crippen LogP contribution is -2.46. The van der Waals surface area contributed by atoms with E-state index in [1.54, 1.807) is 12.1 Å². The Hall–Kier alpha value is -1.35. The average molecular weight is 247 g/mol. The van der Waals surface area contributed by atoms with Gasteiger partial charge in [0.05, 0.1) is 5.56 Å². The predicted molar refractivity (Wildman–Crippen MR) is 71.5 cm³/mol. The van der Waals surface area contributed by atoms with Crippen LogP contribution < -0.4 is 0 Å². The normalized spacial score (nSPS) is 28.9. The van der Waals surface area contributed by atoms with E-state index in [4.69, 9.17) is 4.74 Å². The lowest BCUT2D eigenvalue weighted by molar-refractivity contribution is -0.0196. The lowest BCUT2D eigenvalue weighted by atomic mass is 9.92. The van der Waals surface area contributed by atoms with Crippen LogP contribution in [0, 0.1) is 5.92 Å². The van der Waals surface area contributed by atoms with Crippen LogP contribution in [0.3, 0.4) is 0 Å². The van der Waals surface area contributed by atoms with Gasteiger partial charge < -0.3 is 9.64 Å². The summed E-state index contributed by atoms with van der Waals surface area (Å²) in [6.45, 7) is 5.30. The first kappa shape index (κ1) is 13.1. The average Bonchev–Trinajstić information content (AvgIpc) is 2.37. The van der Waals surface area contributed by atoms with Crippen LogP contribution in [0.1, 0.15) is 30.6 Å². The Kier molecular flexibility index (Phi) is 4.02. The van der Waals surface area contributed by atoms with E-state index in [0.29, 0.717) is 17.5 Å². The smallest absolute Gasteiger partial charge is 0.338 e. The highest BCUT2D eigenvalue weighted by atomic mass is 16.5. The van der Waals surface area contributed by atoms with Gasteiger partial charge in [-0.1, -0.05) is 25.1 Å². The molecule has 2 rings (SSSR count). The highest BCUT2D eigenvalue weighted by Gasteiger charge is 2.31. The SMILES string of the molecule is C[C@@H]1CN(C)[C@H](C)C[C@@H]1OC(=O)c1ccccc1. The van der Waals surface area contributed by atoms with Crippen LogP contribution >= 0.6 is 0 Å². The Balaban J connectivity index is 1.99. The van der Waals surface area contributed by atoms with Gasteiger partial charge in [0.1, 0.15) is 6.10 Å². The second-order valence-electron chi connectivity index (χ2n) is 5.31. The Morgan fingerprint density at radius 2 is 1.94 bits per heavy atom. The molecule has 0 radical (unpaired) electrons. The van der Waals surface area contributed by atoms with E-state index in [2.05, 4.69) is 25.8 Å². The molecule has 1 aromatic rings. The molecule has 1 aromatic carbocycles. The van der Waals surface area contributed by atoms with E-state index in [0.717, 1.165) is 13.0 Å². The van der Waals surface area contributed by atoms with Gasteiger partial charge in [-0.2, -0.15) is 0 Å². The predicted octanol–water partition coefficient (Wildman–Crippen LogP) is 2.57. The van der Waals surface area contributed by atoms with Crippen LogP contribution in [0.5, 0.6) is 0 Å². The quantitative estimate of drug-likeness (QED) is 0.752. The van der Waals surface area contributed by atoms with E-state index >= 15 is 0 Å². The van der Waals surface area contributed by atoms with Crippen molar-refractivity contribution in [3.8, 4) is 0 Å². The van der Waals surface area contributed by atoms with Gasteiger partial charge in [-0.15, -0.1) is 0 Å². The molecule has 3 atom stereocenters. The zero-order chi connectivity index (χ0) is 13.1. The largest absolute Gasteiger partial charge is 0.458 e. The fraction of sp³-hybridized carbons (Fsp3) is 0.533. The monoisotopic (exact) mass is 247 g/mol. The van der Waals surface area contributed by atoms with Crippen molar-refractivity contribution in [1.82, 2.24) is 4.90 Å². The number of hydrogen-bond donors (Lipinski definition) is 0. The number of hydrogen-bond acceptors (Lipinski definition) is 3. The van der Waals surface area contributed by atoms with Gasteiger partial charge in [-0.25, -0.2) is 4.79 Å². The number of ether oxygens (including phenoxy) is 1. The summed E-state index contributed by atoms with van der Waals surface area (Å²) in [6, 6.07) is 9.68. The third-order valence-corrected chi connectivity index (χ3v) is 3.80. The van der Waals surface area contributed by atoms with E-state index in [1.165, 1.54) is 0 Å². The van der Waals surface area contributed by atoms with Gasteiger partial charge >= 0.3 is 5.97 Å². The van der Waals surface area contributed by atoms with E-state index in [-0.39, 0.29) is 12.1 Å². The van der Waals surface area contributed by atoms with Gasteiger partial charge in [0.2, 0.25) is 0 Å². The lowest BCUT2D eigenvalue weighted by Gasteiger charge is -2.39. The molecule has 0 spiro atoms. The summed E-state index contributed by atoms with van der Waals surface area (Å²) in [6.07, 6.45) is 0.944. The van der Waals surface area contributed by atoms with Gasteiger partial charge in [-0.3, -0.25) is 0 Å². The molecule has 98 valence electrons. The molecule has 0 bridgehead atoms. The molecule has 1 aliphatic heterocycles. The summed E-state index contributed by atoms with van der Waals surface area (Å²) >= 11 is 0. The molecule has 0 aromatic heterocycles. The molecule has 1 heterocycles.